The monoisotopic (exact) mass is 591 g/mol. The number of thiophene rings is 1. The molecule has 0 bridgehead atoms. The van der Waals surface area contributed by atoms with Gasteiger partial charge < -0.3 is 9.32 Å². The number of rotatable bonds is 3. The summed E-state index contributed by atoms with van der Waals surface area (Å²) in [6.45, 7) is 0. The average Bonchev–Trinajstić information content (AvgIpc) is 3.66. The highest BCUT2D eigenvalue weighted by Gasteiger charge is 2.20. The number of fused-ring (bicyclic) bond motifs is 11. The maximum absolute atomic E-state index is 6.41. The Morgan fingerprint density at radius 1 is 0.400 bits per heavy atom. The van der Waals surface area contributed by atoms with Crippen molar-refractivity contribution in [3.05, 3.63) is 152 Å². The maximum Gasteiger partial charge on any atom is 0.137 e. The second kappa shape index (κ2) is 9.43. The molecule has 3 heteroatoms. The van der Waals surface area contributed by atoms with Crippen molar-refractivity contribution in [3.8, 4) is 0 Å². The van der Waals surface area contributed by atoms with E-state index < -0.39 is 0 Å². The van der Waals surface area contributed by atoms with Crippen LogP contribution in [0.3, 0.4) is 0 Å². The molecule has 2 nitrogen and oxygen atoms in total. The first kappa shape index (κ1) is 24.8. The number of hydrogen-bond acceptors (Lipinski definition) is 3. The van der Waals surface area contributed by atoms with Gasteiger partial charge in [-0.25, -0.2) is 0 Å². The molecular weight excluding hydrogens is 567 g/mol. The second-order valence-corrected chi connectivity index (χ2v) is 12.8. The molecule has 210 valence electrons. The molecule has 0 amide bonds. The van der Waals surface area contributed by atoms with Gasteiger partial charge in [-0.05, 0) is 75.5 Å². The quantitative estimate of drug-likeness (QED) is 0.190. The van der Waals surface area contributed by atoms with Gasteiger partial charge in [-0.15, -0.1) is 11.3 Å². The van der Waals surface area contributed by atoms with Gasteiger partial charge in [-0.2, -0.15) is 0 Å². The zero-order valence-electron chi connectivity index (χ0n) is 24.2. The van der Waals surface area contributed by atoms with Gasteiger partial charge >= 0.3 is 0 Å². The van der Waals surface area contributed by atoms with Crippen LogP contribution in [0, 0.1) is 0 Å². The summed E-state index contributed by atoms with van der Waals surface area (Å²) < 4.78 is 9.01. The molecule has 45 heavy (non-hydrogen) atoms. The van der Waals surface area contributed by atoms with Crippen LogP contribution in [0.2, 0.25) is 0 Å². The van der Waals surface area contributed by atoms with Crippen molar-refractivity contribution >= 4 is 103 Å². The molecular formula is C42H25NOS. The van der Waals surface area contributed by atoms with Gasteiger partial charge in [-0.3, -0.25) is 0 Å². The fraction of sp³-hybridized carbons (Fsp3) is 0. The minimum Gasteiger partial charge on any atom is -0.456 e. The average molecular weight is 592 g/mol. The van der Waals surface area contributed by atoms with E-state index >= 15 is 0 Å². The largest absolute Gasteiger partial charge is 0.456 e. The van der Waals surface area contributed by atoms with Gasteiger partial charge in [-0.1, -0.05) is 97.1 Å². The Balaban J connectivity index is 1.30. The first-order valence-corrected chi connectivity index (χ1v) is 16.1. The molecule has 2 aromatic heterocycles. The van der Waals surface area contributed by atoms with E-state index in [4.69, 9.17) is 4.42 Å². The number of furan rings is 1. The van der Waals surface area contributed by atoms with Crippen LogP contribution in [0.4, 0.5) is 17.1 Å². The molecule has 0 saturated heterocycles. The molecule has 0 aliphatic rings. The normalized spacial score (nSPS) is 12.0. The van der Waals surface area contributed by atoms with E-state index in [2.05, 4.69) is 144 Å². The molecule has 0 radical (unpaired) electrons. The molecule has 0 aliphatic carbocycles. The fourth-order valence-electron chi connectivity index (χ4n) is 7.18. The summed E-state index contributed by atoms with van der Waals surface area (Å²) in [4.78, 5) is 2.41. The highest BCUT2D eigenvalue weighted by atomic mass is 32.1. The number of nitrogens with zero attached hydrogens (tertiary/aromatic N) is 1. The Kier molecular flexibility index (Phi) is 5.19. The summed E-state index contributed by atoms with van der Waals surface area (Å²) in [5.74, 6) is 0. The van der Waals surface area contributed by atoms with Gasteiger partial charge in [0.05, 0.1) is 5.69 Å². The van der Waals surface area contributed by atoms with Crippen molar-refractivity contribution in [1.29, 1.82) is 0 Å². The van der Waals surface area contributed by atoms with Crippen LogP contribution < -0.4 is 4.90 Å². The van der Waals surface area contributed by atoms with Crippen molar-refractivity contribution in [2.75, 3.05) is 4.90 Å². The van der Waals surface area contributed by atoms with E-state index in [0.29, 0.717) is 0 Å². The first-order chi connectivity index (χ1) is 22.3. The molecule has 0 aliphatic heterocycles. The molecule has 10 rings (SSSR count). The van der Waals surface area contributed by atoms with Crippen molar-refractivity contribution in [1.82, 2.24) is 0 Å². The number of benzene rings is 8. The van der Waals surface area contributed by atoms with E-state index in [0.717, 1.165) is 39.0 Å². The fourth-order valence-corrected chi connectivity index (χ4v) is 8.26. The Morgan fingerprint density at radius 3 is 1.96 bits per heavy atom. The molecule has 8 aromatic carbocycles. The minimum absolute atomic E-state index is 0.886. The van der Waals surface area contributed by atoms with Gasteiger partial charge in [0.15, 0.2) is 0 Å². The molecule has 0 N–H and O–H groups in total. The summed E-state index contributed by atoms with van der Waals surface area (Å²) in [7, 11) is 0. The zero-order valence-corrected chi connectivity index (χ0v) is 25.0. The summed E-state index contributed by atoms with van der Waals surface area (Å²) >= 11 is 1.85. The lowest BCUT2D eigenvalue weighted by Gasteiger charge is -2.28. The van der Waals surface area contributed by atoms with Crippen LogP contribution in [0.1, 0.15) is 0 Å². The Morgan fingerprint density at radius 2 is 1.04 bits per heavy atom. The summed E-state index contributed by atoms with van der Waals surface area (Å²) in [6.07, 6.45) is 0. The predicted octanol–water partition coefficient (Wildman–Crippen LogP) is 12.9. The van der Waals surface area contributed by atoms with Crippen LogP contribution in [0.5, 0.6) is 0 Å². The third-order valence-electron chi connectivity index (χ3n) is 9.21. The van der Waals surface area contributed by atoms with E-state index in [1.165, 1.54) is 52.5 Å². The lowest BCUT2D eigenvalue weighted by atomic mass is 9.94. The summed E-state index contributed by atoms with van der Waals surface area (Å²) in [6, 6.07) is 54.9. The van der Waals surface area contributed by atoms with Gasteiger partial charge in [0, 0.05) is 53.8 Å². The SMILES string of the molecule is c1ccc2c(c1)ccc1cc(N(c3ccc4c(c3)oc3ccccc34)c3ccc4sc5ccccc5c4c3)c3ccccc3c12. The van der Waals surface area contributed by atoms with Gasteiger partial charge in [0.1, 0.15) is 11.2 Å². The number of para-hydroxylation sites is 1. The summed E-state index contributed by atoms with van der Waals surface area (Å²) in [5, 5.41) is 12.3. The molecule has 0 unspecified atom stereocenters. The standard InChI is InChI=1S/C42H25NOS/c1-2-10-30-26(9-1)17-18-27-23-37(31-11-3-4-14-35(31)42(27)30)43(28-20-22-41-36(24-28)34-13-6-8-16-40(34)45-41)29-19-21-33-32-12-5-7-15-38(32)44-39(33)25-29/h1-25H. The van der Waals surface area contributed by atoms with Crippen LogP contribution in [0.25, 0.3) is 74.4 Å². The number of hydrogen-bond donors (Lipinski definition) is 0. The van der Waals surface area contributed by atoms with E-state index in [1.807, 2.05) is 23.5 Å². The van der Waals surface area contributed by atoms with Crippen molar-refractivity contribution in [3.63, 3.8) is 0 Å². The molecule has 10 aromatic rings. The predicted molar refractivity (Wildman–Crippen MR) is 194 cm³/mol. The lowest BCUT2D eigenvalue weighted by molar-refractivity contribution is 0.669. The molecule has 0 fully saturated rings. The third kappa shape index (κ3) is 3.68. The van der Waals surface area contributed by atoms with Crippen LogP contribution in [-0.2, 0) is 0 Å². The van der Waals surface area contributed by atoms with E-state index in [-0.39, 0.29) is 0 Å². The topological polar surface area (TPSA) is 16.4 Å². The third-order valence-corrected chi connectivity index (χ3v) is 10.4. The van der Waals surface area contributed by atoms with Crippen molar-refractivity contribution in [2.24, 2.45) is 0 Å². The summed E-state index contributed by atoms with van der Waals surface area (Å²) in [5.41, 5.74) is 5.11. The Hall–Kier alpha value is -5.64. The number of anilines is 3. The van der Waals surface area contributed by atoms with Crippen LogP contribution in [0.15, 0.2) is 156 Å². The van der Waals surface area contributed by atoms with Crippen molar-refractivity contribution in [2.45, 2.75) is 0 Å². The van der Waals surface area contributed by atoms with Crippen LogP contribution in [-0.4, -0.2) is 0 Å². The molecule has 0 saturated carbocycles. The Bertz CT molecular complexity index is 2790. The second-order valence-electron chi connectivity index (χ2n) is 11.7. The van der Waals surface area contributed by atoms with E-state index in [1.54, 1.807) is 0 Å². The zero-order chi connectivity index (χ0) is 29.5. The van der Waals surface area contributed by atoms with E-state index in [9.17, 15) is 0 Å². The van der Waals surface area contributed by atoms with Crippen LogP contribution >= 0.6 is 11.3 Å². The smallest absolute Gasteiger partial charge is 0.137 e. The molecule has 0 atom stereocenters. The Labute approximate surface area is 263 Å². The highest BCUT2D eigenvalue weighted by Crippen LogP contribution is 2.46. The first-order valence-electron chi connectivity index (χ1n) is 15.3. The lowest BCUT2D eigenvalue weighted by Crippen LogP contribution is -2.10. The van der Waals surface area contributed by atoms with Gasteiger partial charge in [0.2, 0.25) is 0 Å². The molecule has 0 spiro atoms. The highest BCUT2D eigenvalue weighted by molar-refractivity contribution is 7.25. The maximum atomic E-state index is 6.41. The molecule has 2 heterocycles. The minimum atomic E-state index is 0.886. The van der Waals surface area contributed by atoms with Crippen molar-refractivity contribution < 1.29 is 4.42 Å². The van der Waals surface area contributed by atoms with Gasteiger partial charge in [0.25, 0.3) is 0 Å².